The van der Waals surface area contributed by atoms with Crippen molar-refractivity contribution in [2.75, 3.05) is 39.3 Å². The highest BCUT2D eigenvalue weighted by Crippen LogP contribution is 2.13. The number of carbonyl (C=O) groups is 1. The molecule has 30 heavy (non-hydrogen) atoms. The van der Waals surface area contributed by atoms with Crippen molar-refractivity contribution in [1.82, 2.24) is 21.3 Å². The summed E-state index contributed by atoms with van der Waals surface area (Å²) in [5, 5.41) is 13.8. The number of amides is 1. The second-order valence-corrected chi connectivity index (χ2v) is 9.09. The van der Waals surface area contributed by atoms with Crippen molar-refractivity contribution in [2.24, 2.45) is 0 Å². The Kier molecular flexibility index (Phi) is 19.7. The van der Waals surface area contributed by atoms with Gasteiger partial charge in [-0.1, -0.05) is 71.1 Å². The smallest absolute Gasteiger partial charge is 0.221 e. The lowest BCUT2D eigenvalue weighted by molar-refractivity contribution is -0.121. The van der Waals surface area contributed by atoms with Crippen LogP contribution >= 0.6 is 0 Å². The summed E-state index contributed by atoms with van der Waals surface area (Å²) in [4.78, 5) is 12.3. The Morgan fingerprint density at radius 3 is 1.83 bits per heavy atom. The quantitative estimate of drug-likeness (QED) is 0.368. The molecule has 1 aliphatic rings. The van der Waals surface area contributed by atoms with Crippen molar-refractivity contribution in [1.29, 1.82) is 0 Å². The number of hydrogen-bond acceptors (Lipinski definition) is 4. The monoisotopic (exact) mass is 424 g/mol. The third-order valence-electron chi connectivity index (χ3n) is 6.11. The minimum atomic E-state index is 0.210. The third kappa shape index (κ3) is 18.1. The molecule has 1 amide bonds. The molecule has 1 atom stereocenters. The molecule has 0 aliphatic carbocycles. The standard InChI is InChI=1S/C25H52N4O/c1-2-3-4-5-6-7-8-9-10-11-16-24-23-25(30)29-22-15-20-27-18-13-12-17-26-19-14-21-28-24/h24,26-28H,2-23H2,1H3,(H,29,30). The fourth-order valence-corrected chi connectivity index (χ4v) is 4.16. The molecule has 1 rings (SSSR count). The van der Waals surface area contributed by atoms with Gasteiger partial charge in [-0.3, -0.25) is 4.79 Å². The van der Waals surface area contributed by atoms with Gasteiger partial charge >= 0.3 is 0 Å². The Morgan fingerprint density at radius 2 is 1.20 bits per heavy atom. The van der Waals surface area contributed by atoms with Crippen LogP contribution in [0.4, 0.5) is 0 Å². The molecule has 5 nitrogen and oxygen atoms in total. The zero-order valence-corrected chi connectivity index (χ0v) is 20.0. The largest absolute Gasteiger partial charge is 0.356 e. The summed E-state index contributed by atoms with van der Waals surface area (Å²) in [5.41, 5.74) is 0. The van der Waals surface area contributed by atoms with Gasteiger partial charge in [-0.2, -0.15) is 0 Å². The van der Waals surface area contributed by atoms with Crippen LogP contribution in [0.5, 0.6) is 0 Å². The van der Waals surface area contributed by atoms with E-state index in [9.17, 15) is 4.79 Å². The average Bonchev–Trinajstić information content (AvgIpc) is 2.74. The van der Waals surface area contributed by atoms with E-state index in [4.69, 9.17) is 0 Å². The number of unbranched alkanes of at least 4 members (excludes halogenated alkanes) is 9. The van der Waals surface area contributed by atoms with Gasteiger partial charge in [0.25, 0.3) is 0 Å². The molecule has 0 aromatic heterocycles. The molecule has 0 spiro atoms. The van der Waals surface area contributed by atoms with Crippen molar-refractivity contribution in [3.05, 3.63) is 0 Å². The molecule has 1 saturated heterocycles. The Labute approximate surface area is 187 Å². The normalized spacial score (nSPS) is 21.1. The van der Waals surface area contributed by atoms with Gasteiger partial charge < -0.3 is 21.3 Å². The molecule has 0 saturated carbocycles. The summed E-state index contributed by atoms with van der Waals surface area (Å²) in [5.74, 6) is 0.210. The SMILES string of the molecule is CCCCCCCCCCCCC1CC(=O)NCCCNCCCCNCCCN1. The lowest BCUT2D eigenvalue weighted by Crippen LogP contribution is -2.37. The van der Waals surface area contributed by atoms with Gasteiger partial charge in [0.15, 0.2) is 0 Å². The maximum Gasteiger partial charge on any atom is 0.221 e. The topological polar surface area (TPSA) is 65.2 Å². The van der Waals surface area contributed by atoms with Crippen LogP contribution < -0.4 is 21.3 Å². The molecule has 4 N–H and O–H groups in total. The zero-order chi connectivity index (χ0) is 21.5. The molecule has 0 radical (unpaired) electrons. The van der Waals surface area contributed by atoms with E-state index in [-0.39, 0.29) is 5.91 Å². The summed E-state index contributed by atoms with van der Waals surface area (Å²) >= 11 is 0. The van der Waals surface area contributed by atoms with Gasteiger partial charge in [-0.15, -0.1) is 0 Å². The average molecular weight is 425 g/mol. The molecular weight excluding hydrogens is 372 g/mol. The Morgan fingerprint density at radius 1 is 0.667 bits per heavy atom. The number of carbonyl (C=O) groups excluding carboxylic acids is 1. The minimum absolute atomic E-state index is 0.210. The van der Waals surface area contributed by atoms with E-state index < -0.39 is 0 Å². The van der Waals surface area contributed by atoms with E-state index in [1.165, 1.54) is 77.0 Å². The van der Waals surface area contributed by atoms with E-state index in [0.717, 1.165) is 58.5 Å². The van der Waals surface area contributed by atoms with Crippen molar-refractivity contribution in [3.8, 4) is 0 Å². The van der Waals surface area contributed by atoms with Gasteiger partial charge in [0, 0.05) is 19.0 Å². The predicted molar refractivity (Wildman–Crippen MR) is 130 cm³/mol. The van der Waals surface area contributed by atoms with E-state index in [1.807, 2.05) is 0 Å². The molecular formula is C25H52N4O. The summed E-state index contributed by atoms with van der Waals surface area (Å²) < 4.78 is 0. The van der Waals surface area contributed by atoms with Crippen LogP contribution in [0.1, 0.15) is 110 Å². The lowest BCUT2D eigenvalue weighted by atomic mass is 10.0. The van der Waals surface area contributed by atoms with Crippen LogP contribution in [0.2, 0.25) is 0 Å². The first-order chi connectivity index (χ1) is 14.8. The second kappa shape index (κ2) is 21.6. The molecule has 0 bridgehead atoms. The van der Waals surface area contributed by atoms with E-state index in [2.05, 4.69) is 28.2 Å². The van der Waals surface area contributed by atoms with Crippen LogP contribution in [0.15, 0.2) is 0 Å². The van der Waals surface area contributed by atoms with Crippen molar-refractivity contribution < 1.29 is 4.79 Å². The minimum Gasteiger partial charge on any atom is -0.356 e. The highest BCUT2D eigenvalue weighted by atomic mass is 16.1. The summed E-state index contributed by atoms with van der Waals surface area (Å²) in [6.45, 7) is 8.33. The first-order valence-corrected chi connectivity index (χ1v) is 13.2. The molecule has 1 heterocycles. The molecule has 1 fully saturated rings. The Hall–Kier alpha value is -0.650. The molecule has 0 aromatic carbocycles. The van der Waals surface area contributed by atoms with Gasteiger partial charge in [0.1, 0.15) is 0 Å². The molecule has 5 heteroatoms. The van der Waals surface area contributed by atoms with Crippen LogP contribution in [-0.4, -0.2) is 51.2 Å². The van der Waals surface area contributed by atoms with Crippen LogP contribution in [0.3, 0.4) is 0 Å². The van der Waals surface area contributed by atoms with Crippen LogP contribution in [0, 0.1) is 0 Å². The second-order valence-electron chi connectivity index (χ2n) is 9.09. The number of hydrogen-bond donors (Lipinski definition) is 4. The van der Waals surface area contributed by atoms with Gasteiger partial charge in [0.05, 0.1) is 0 Å². The summed E-state index contributed by atoms with van der Waals surface area (Å²) in [6.07, 6.45) is 20.0. The van der Waals surface area contributed by atoms with E-state index >= 15 is 0 Å². The fraction of sp³-hybridized carbons (Fsp3) is 0.960. The van der Waals surface area contributed by atoms with Gasteiger partial charge in [-0.05, 0) is 64.8 Å². The Balaban J connectivity index is 2.19. The highest BCUT2D eigenvalue weighted by Gasteiger charge is 2.13. The first kappa shape index (κ1) is 27.4. The highest BCUT2D eigenvalue weighted by molar-refractivity contribution is 5.76. The van der Waals surface area contributed by atoms with Crippen molar-refractivity contribution in [3.63, 3.8) is 0 Å². The predicted octanol–water partition coefficient (Wildman–Crippen LogP) is 4.52. The molecule has 1 aliphatic heterocycles. The van der Waals surface area contributed by atoms with Crippen molar-refractivity contribution in [2.45, 2.75) is 116 Å². The lowest BCUT2D eigenvalue weighted by Gasteiger charge is -2.19. The Bertz CT molecular complexity index is 378. The maximum absolute atomic E-state index is 12.3. The van der Waals surface area contributed by atoms with Gasteiger partial charge in [0.2, 0.25) is 5.91 Å². The molecule has 1 unspecified atom stereocenters. The molecule has 0 aromatic rings. The van der Waals surface area contributed by atoms with Crippen LogP contribution in [0.25, 0.3) is 0 Å². The van der Waals surface area contributed by atoms with Crippen LogP contribution in [-0.2, 0) is 4.79 Å². The maximum atomic E-state index is 12.3. The van der Waals surface area contributed by atoms with E-state index in [1.54, 1.807) is 0 Å². The summed E-state index contributed by atoms with van der Waals surface area (Å²) in [6, 6.07) is 0.327. The number of nitrogens with one attached hydrogen (secondary N) is 4. The summed E-state index contributed by atoms with van der Waals surface area (Å²) in [7, 11) is 0. The number of rotatable bonds is 11. The molecule has 178 valence electrons. The zero-order valence-electron chi connectivity index (χ0n) is 20.0. The first-order valence-electron chi connectivity index (χ1n) is 13.2. The van der Waals surface area contributed by atoms with Gasteiger partial charge in [-0.25, -0.2) is 0 Å². The fourth-order valence-electron chi connectivity index (χ4n) is 4.16. The van der Waals surface area contributed by atoms with Crippen molar-refractivity contribution >= 4 is 5.91 Å². The third-order valence-corrected chi connectivity index (χ3v) is 6.11. The van der Waals surface area contributed by atoms with E-state index in [0.29, 0.717) is 12.5 Å².